The molecule has 146 valence electrons. The number of nitrogens with one attached hydrogen (secondary N) is 1. The largest absolute Gasteiger partial charge is 0.477 e. The van der Waals surface area contributed by atoms with Crippen molar-refractivity contribution in [2.45, 2.75) is 57.1 Å². The second kappa shape index (κ2) is 7.88. The second-order valence-corrected chi connectivity index (χ2v) is 9.03. The molecule has 3 aliphatic heterocycles. The summed E-state index contributed by atoms with van der Waals surface area (Å²) in [7, 11) is 0. The number of hydrogen-bond acceptors (Lipinski definition) is 6. The summed E-state index contributed by atoms with van der Waals surface area (Å²) in [6, 6.07) is -0.419. The number of carboxylic acids is 1. The van der Waals surface area contributed by atoms with Crippen molar-refractivity contribution < 1.29 is 24.5 Å². The first kappa shape index (κ1) is 19.7. The van der Waals surface area contributed by atoms with Gasteiger partial charge in [-0.25, -0.2) is 4.79 Å². The number of rotatable bonds is 8. The third-order valence-electron chi connectivity index (χ3n) is 5.26. The first-order valence-corrected chi connectivity index (χ1v) is 10.2. The van der Waals surface area contributed by atoms with Gasteiger partial charge in [0, 0.05) is 23.3 Å². The van der Waals surface area contributed by atoms with Crippen LogP contribution in [0.3, 0.4) is 0 Å². The maximum atomic E-state index is 12.5. The summed E-state index contributed by atoms with van der Waals surface area (Å²) in [6.07, 6.45) is 0.523. The Morgan fingerprint density at radius 3 is 2.69 bits per heavy atom. The molecule has 26 heavy (non-hydrogen) atoms. The number of aliphatic carboxylic acids is 1. The highest BCUT2D eigenvalue weighted by atomic mass is 32.2. The van der Waals surface area contributed by atoms with Crippen molar-refractivity contribution in [2.75, 3.05) is 19.7 Å². The Kier molecular flexibility index (Phi) is 5.96. The Labute approximate surface area is 158 Å². The number of nitrogens with zero attached hydrogens (tertiary/aromatic N) is 1. The van der Waals surface area contributed by atoms with Crippen LogP contribution in [-0.2, 0) is 14.3 Å². The topological polar surface area (TPSA) is 99.1 Å². The zero-order valence-corrected chi connectivity index (χ0v) is 16.3. The zero-order valence-electron chi connectivity index (χ0n) is 15.5. The molecule has 2 saturated heterocycles. The lowest BCUT2D eigenvalue weighted by Crippen LogP contribution is -2.65. The van der Waals surface area contributed by atoms with E-state index in [9.17, 15) is 19.8 Å². The lowest BCUT2D eigenvalue weighted by atomic mass is 9.82. The molecule has 0 saturated carbocycles. The molecule has 0 unspecified atom stereocenters. The number of carboxylic acid groups (broad SMARTS) is 1. The van der Waals surface area contributed by atoms with Crippen LogP contribution in [0.4, 0.5) is 0 Å². The van der Waals surface area contributed by atoms with Crippen molar-refractivity contribution in [3.63, 3.8) is 0 Å². The van der Waals surface area contributed by atoms with Gasteiger partial charge in [0.05, 0.1) is 18.1 Å². The molecule has 3 heterocycles. The standard InChI is InChI=1S/C18H28N2O5S/c1-9(2)5-7-25-15-13-12(10(3)21)17(22)20(13)14(18(23)24)16(15)26-11-4-6-19-8-11/h9-13,15,19,21H,4-8H2,1-3H3,(H,23,24)/t10-,11+,12-,13+,15-/m1/s1. The van der Waals surface area contributed by atoms with E-state index in [-0.39, 0.29) is 16.9 Å². The fourth-order valence-electron chi connectivity index (χ4n) is 3.86. The highest BCUT2D eigenvalue weighted by Crippen LogP contribution is 2.49. The Bertz CT molecular complexity index is 600. The molecule has 0 aromatic heterocycles. The van der Waals surface area contributed by atoms with Crippen LogP contribution in [-0.4, -0.2) is 70.2 Å². The molecule has 5 atom stereocenters. The lowest BCUT2D eigenvalue weighted by molar-refractivity contribution is -0.167. The molecule has 0 aliphatic carbocycles. The molecule has 3 N–H and O–H groups in total. The van der Waals surface area contributed by atoms with Crippen LogP contribution in [0, 0.1) is 11.8 Å². The molecule has 3 rings (SSSR count). The second-order valence-electron chi connectivity index (χ2n) is 7.69. The summed E-state index contributed by atoms with van der Waals surface area (Å²) in [5.41, 5.74) is 0.0448. The summed E-state index contributed by atoms with van der Waals surface area (Å²) in [6.45, 7) is 8.03. The minimum absolute atomic E-state index is 0.0448. The molecule has 7 nitrogen and oxygen atoms in total. The number of carbonyl (C=O) groups excluding carboxylic acids is 1. The molecule has 2 fully saturated rings. The zero-order chi connectivity index (χ0) is 19.0. The van der Waals surface area contributed by atoms with Gasteiger partial charge in [0.25, 0.3) is 0 Å². The number of amides is 1. The van der Waals surface area contributed by atoms with Crippen LogP contribution >= 0.6 is 11.8 Å². The van der Waals surface area contributed by atoms with E-state index in [1.807, 2.05) is 0 Å². The van der Waals surface area contributed by atoms with Gasteiger partial charge < -0.3 is 20.3 Å². The van der Waals surface area contributed by atoms with E-state index in [1.165, 1.54) is 16.7 Å². The average Bonchev–Trinajstić information content (AvgIpc) is 3.13. The number of carbonyl (C=O) groups is 2. The Morgan fingerprint density at radius 2 is 2.15 bits per heavy atom. The van der Waals surface area contributed by atoms with Crippen molar-refractivity contribution in [3.05, 3.63) is 10.6 Å². The maximum Gasteiger partial charge on any atom is 0.353 e. The predicted octanol–water partition coefficient (Wildman–Crippen LogP) is 1.03. The van der Waals surface area contributed by atoms with Crippen LogP contribution in [0.15, 0.2) is 10.6 Å². The van der Waals surface area contributed by atoms with E-state index in [4.69, 9.17) is 4.74 Å². The summed E-state index contributed by atoms with van der Waals surface area (Å²) >= 11 is 1.52. The number of aliphatic hydroxyl groups excluding tert-OH is 1. The molecule has 8 heteroatoms. The number of β-lactam (4-membered cyclic amide) rings is 1. The number of thioether (sulfide) groups is 1. The fraction of sp³-hybridized carbons (Fsp3) is 0.778. The van der Waals surface area contributed by atoms with Crippen molar-refractivity contribution in [3.8, 4) is 0 Å². The number of ether oxygens (including phenoxy) is 1. The van der Waals surface area contributed by atoms with Gasteiger partial charge in [-0.15, -0.1) is 11.8 Å². The van der Waals surface area contributed by atoms with Crippen LogP contribution in [0.25, 0.3) is 0 Å². The minimum Gasteiger partial charge on any atom is -0.477 e. The third-order valence-corrected chi connectivity index (χ3v) is 6.67. The minimum atomic E-state index is -1.10. The Balaban J connectivity index is 1.88. The SMILES string of the molecule is CC(C)CCO[C@H]1C(S[C@H]2CCNC2)=C(C(=O)O)N2C(=O)[C@H]([C@@H](C)O)[C@@H]12. The molecule has 0 aromatic rings. The van der Waals surface area contributed by atoms with Crippen molar-refractivity contribution in [2.24, 2.45) is 11.8 Å². The smallest absolute Gasteiger partial charge is 0.353 e. The van der Waals surface area contributed by atoms with Gasteiger partial charge in [0.2, 0.25) is 5.91 Å². The van der Waals surface area contributed by atoms with Crippen molar-refractivity contribution in [1.29, 1.82) is 0 Å². The molecule has 0 spiro atoms. The third kappa shape index (κ3) is 3.52. The van der Waals surface area contributed by atoms with E-state index in [0.29, 0.717) is 17.4 Å². The van der Waals surface area contributed by atoms with Crippen molar-refractivity contribution >= 4 is 23.6 Å². The van der Waals surface area contributed by atoms with E-state index >= 15 is 0 Å². The van der Waals surface area contributed by atoms with Gasteiger partial charge in [-0.05, 0) is 32.2 Å². The van der Waals surface area contributed by atoms with E-state index in [2.05, 4.69) is 19.2 Å². The Hall–Kier alpha value is -1.09. The van der Waals surface area contributed by atoms with Gasteiger partial charge in [0.1, 0.15) is 11.8 Å². The summed E-state index contributed by atoms with van der Waals surface area (Å²) < 4.78 is 6.11. The Morgan fingerprint density at radius 1 is 1.42 bits per heavy atom. The molecule has 1 amide bonds. The van der Waals surface area contributed by atoms with Gasteiger partial charge in [-0.1, -0.05) is 13.8 Å². The first-order chi connectivity index (χ1) is 12.3. The summed E-state index contributed by atoms with van der Waals surface area (Å²) in [4.78, 5) is 26.4. The lowest BCUT2D eigenvalue weighted by Gasteiger charge is -2.46. The maximum absolute atomic E-state index is 12.5. The van der Waals surface area contributed by atoms with Crippen LogP contribution in [0.2, 0.25) is 0 Å². The predicted molar refractivity (Wildman–Crippen MR) is 98.5 cm³/mol. The highest BCUT2D eigenvalue weighted by Gasteiger charge is 2.62. The molecule has 3 aliphatic rings. The molecular weight excluding hydrogens is 356 g/mol. The van der Waals surface area contributed by atoms with Crippen LogP contribution in [0.5, 0.6) is 0 Å². The molecule has 0 aromatic carbocycles. The fourth-order valence-corrected chi connectivity index (χ4v) is 5.29. The number of fused-ring (bicyclic) bond motifs is 1. The van der Waals surface area contributed by atoms with Crippen LogP contribution < -0.4 is 5.32 Å². The van der Waals surface area contributed by atoms with E-state index < -0.39 is 30.1 Å². The van der Waals surface area contributed by atoms with Crippen molar-refractivity contribution in [1.82, 2.24) is 10.2 Å². The highest BCUT2D eigenvalue weighted by molar-refractivity contribution is 8.03. The summed E-state index contributed by atoms with van der Waals surface area (Å²) in [5, 5.41) is 23.3. The number of aliphatic hydroxyl groups is 1. The monoisotopic (exact) mass is 384 g/mol. The molecule has 0 bridgehead atoms. The normalized spacial score (nSPS) is 32.2. The van der Waals surface area contributed by atoms with E-state index in [1.54, 1.807) is 6.92 Å². The molecular formula is C18H28N2O5S. The van der Waals surface area contributed by atoms with Gasteiger partial charge in [-0.2, -0.15) is 0 Å². The van der Waals surface area contributed by atoms with Crippen LogP contribution in [0.1, 0.15) is 33.6 Å². The average molecular weight is 384 g/mol. The summed E-state index contributed by atoms with van der Waals surface area (Å²) in [5.74, 6) is -1.55. The van der Waals surface area contributed by atoms with Gasteiger partial charge >= 0.3 is 5.97 Å². The number of hydrogen-bond donors (Lipinski definition) is 3. The van der Waals surface area contributed by atoms with Gasteiger partial charge in [0.15, 0.2) is 0 Å². The van der Waals surface area contributed by atoms with E-state index in [0.717, 1.165) is 25.9 Å². The quantitative estimate of drug-likeness (QED) is 0.538. The molecule has 0 radical (unpaired) electrons. The van der Waals surface area contributed by atoms with Gasteiger partial charge in [-0.3, -0.25) is 9.69 Å². The first-order valence-electron chi connectivity index (χ1n) is 9.30.